The molecule has 0 radical (unpaired) electrons. The van der Waals surface area contributed by atoms with E-state index in [9.17, 15) is 14.0 Å². The van der Waals surface area contributed by atoms with E-state index >= 15 is 0 Å². The zero-order chi connectivity index (χ0) is 24.1. The first-order chi connectivity index (χ1) is 14.9. The third kappa shape index (κ3) is 7.62. The standard InChI is InChI=1S/C23H34BrFN2O5/c1-14(31-20-18(24)11-17(12-19(20)25)21(28)30-6)13-26-15(2)16-7-9-27(10-8-16)22(29)32-23(3,4)5/h11-12,14-16,26H,7-10,13H2,1-6H3/t14-,15+/m1/s1. The third-order valence-electron chi connectivity index (χ3n) is 5.36. The van der Waals surface area contributed by atoms with Crippen molar-refractivity contribution in [1.29, 1.82) is 0 Å². The minimum absolute atomic E-state index is 0.0604. The Bertz CT molecular complexity index is 783. The highest BCUT2D eigenvalue weighted by Gasteiger charge is 2.29. The Kier molecular flexibility index (Phi) is 9.33. The van der Waals surface area contributed by atoms with Gasteiger partial charge in [-0.3, -0.25) is 0 Å². The van der Waals surface area contributed by atoms with Crippen LogP contribution >= 0.6 is 15.9 Å². The summed E-state index contributed by atoms with van der Waals surface area (Å²) in [6.45, 7) is 11.4. The van der Waals surface area contributed by atoms with E-state index < -0.39 is 17.4 Å². The van der Waals surface area contributed by atoms with Crippen molar-refractivity contribution in [3.05, 3.63) is 28.0 Å². The van der Waals surface area contributed by atoms with Crippen LogP contribution in [0.15, 0.2) is 16.6 Å². The normalized spacial score (nSPS) is 16.9. The van der Waals surface area contributed by atoms with Gasteiger partial charge in [0.05, 0.1) is 17.1 Å². The van der Waals surface area contributed by atoms with Gasteiger partial charge in [-0.25, -0.2) is 14.0 Å². The fourth-order valence-electron chi connectivity index (χ4n) is 3.58. The zero-order valence-electron chi connectivity index (χ0n) is 19.7. The highest BCUT2D eigenvalue weighted by molar-refractivity contribution is 9.10. The predicted molar refractivity (Wildman–Crippen MR) is 124 cm³/mol. The number of amides is 1. The molecule has 0 bridgehead atoms. The molecule has 7 nitrogen and oxygen atoms in total. The van der Waals surface area contributed by atoms with E-state index in [1.165, 1.54) is 13.2 Å². The lowest BCUT2D eigenvalue weighted by Gasteiger charge is -2.36. The highest BCUT2D eigenvalue weighted by Crippen LogP contribution is 2.31. The summed E-state index contributed by atoms with van der Waals surface area (Å²) in [6, 6.07) is 2.80. The Morgan fingerprint density at radius 1 is 1.25 bits per heavy atom. The zero-order valence-corrected chi connectivity index (χ0v) is 21.3. The fraction of sp³-hybridized carbons (Fsp3) is 0.652. The van der Waals surface area contributed by atoms with E-state index in [1.54, 1.807) is 4.90 Å². The second kappa shape index (κ2) is 11.3. The SMILES string of the molecule is COC(=O)c1cc(F)c(O[C@H](C)CN[C@@H](C)C2CCN(C(=O)OC(C)(C)C)CC2)c(Br)c1. The van der Waals surface area contributed by atoms with Crippen LogP contribution in [0.2, 0.25) is 0 Å². The summed E-state index contributed by atoms with van der Waals surface area (Å²) in [7, 11) is 1.24. The number of ether oxygens (including phenoxy) is 3. The van der Waals surface area contributed by atoms with E-state index in [0.29, 0.717) is 30.0 Å². The van der Waals surface area contributed by atoms with Crippen LogP contribution < -0.4 is 10.1 Å². The number of nitrogens with zero attached hydrogens (tertiary/aromatic N) is 1. The van der Waals surface area contributed by atoms with Gasteiger partial charge < -0.3 is 24.4 Å². The number of nitrogens with one attached hydrogen (secondary N) is 1. The highest BCUT2D eigenvalue weighted by atomic mass is 79.9. The number of carbonyl (C=O) groups is 2. The van der Waals surface area contributed by atoms with Crippen molar-refractivity contribution in [3.63, 3.8) is 0 Å². The molecule has 1 aromatic carbocycles. The number of rotatable bonds is 7. The summed E-state index contributed by atoms with van der Waals surface area (Å²) in [6.07, 6.45) is 1.22. The molecule has 2 rings (SSSR count). The number of hydrogen-bond donors (Lipinski definition) is 1. The molecule has 2 atom stereocenters. The Labute approximate surface area is 198 Å². The van der Waals surface area contributed by atoms with Crippen molar-refractivity contribution in [2.45, 2.75) is 65.2 Å². The Balaban J connectivity index is 1.82. The van der Waals surface area contributed by atoms with Gasteiger partial charge in [-0.1, -0.05) is 0 Å². The molecular weight excluding hydrogens is 483 g/mol. The largest absolute Gasteiger partial charge is 0.485 e. The van der Waals surface area contributed by atoms with Gasteiger partial charge >= 0.3 is 12.1 Å². The molecule has 1 heterocycles. The number of carbonyl (C=O) groups excluding carboxylic acids is 2. The molecule has 0 aliphatic carbocycles. The summed E-state index contributed by atoms with van der Waals surface area (Å²) in [4.78, 5) is 25.6. The van der Waals surface area contributed by atoms with Crippen LogP contribution in [0.4, 0.5) is 9.18 Å². The summed E-state index contributed by atoms with van der Waals surface area (Å²) >= 11 is 3.27. The van der Waals surface area contributed by atoms with Crippen LogP contribution in [0.3, 0.4) is 0 Å². The van der Waals surface area contributed by atoms with Gasteiger partial charge in [0.15, 0.2) is 11.6 Å². The van der Waals surface area contributed by atoms with Crippen LogP contribution in [-0.4, -0.2) is 61.5 Å². The molecule has 0 spiro atoms. The lowest BCUT2D eigenvalue weighted by molar-refractivity contribution is 0.0170. The fourth-order valence-corrected chi connectivity index (χ4v) is 4.11. The second-order valence-corrected chi connectivity index (χ2v) is 10.0. The van der Waals surface area contributed by atoms with Gasteiger partial charge in [-0.05, 0) is 81.4 Å². The van der Waals surface area contributed by atoms with Crippen molar-refractivity contribution in [3.8, 4) is 5.75 Å². The van der Waals surface area contributed by atoms with E-state index in [2.05, 4.69) is 32.9 Å². The molecule has 9 heteroatoms. The van der Waals surface area contributed by atoms with Gasteiger partial charge in [-0.15, -0.1) is 0 Å². The summed E-state index contributed by atoms with van der Waals surface area (Å²) in [5.74, 6) is -0.763. The molecule has 1 amide bonds. The van der Waals surface area contributed by atoms with Gasteiger partial charge in [0.25, 0.3) is 0 Å². The monoisotopic (exact) mass is 516 g/mol. The number of hydrogen-bond acceptors (Lipinski definition) is 6. The van der Waals surface area contributed by atoms with Crippen LogP contribution in [-0.2, 0) is 9.47 Å². The van der Waals surface area contributed by atoms with Crippen molar-refractivity contribution in [2.75, 3.05) is 26.7 Å². The van der Waals surface area contributed by atoms with Crippen LogP contribution in [0, 0.1) is 11.7 Å². The van der Waals surface area contributed by atoms with Gasteiger partial charge in [0, 0.05) is 25.7 Å². The topological polar surface area (TPSA) is 77.1 Å². The van der Waals surface area contributed by atoms with Gasteiger partial charge in [0.2, 0.25) is 0 Å². The number of methoxy groups -OCH3 is 1. The third-order valence-corrected chi connectivity index (χ3v) is 5.95. The number of halogens is 2. The number of piperidine rings is 1. The van der Waals surface area contributed by atoms with E-state index in [1.807, 2.05) is 27.7 Å². The van der Waals surface area contributed by atoms with E-state index in [4.69, 9.17) is 9.47 Å². The number of esters is 1. The minimum atomic E-state index is -0.630. The molecule has 180 valence electrons. The molecule has 0 unspecified atom stereocenters. The molecule has 1 aliphatic heterocycles. The maximum absolute atomic E-state index is 14.4. The van der Waals surface area contributed by atoms with E-state index in [0.717, 1.165) is 18.9 Å². The predicted octanol–water partition coefficient (Wildman–Crippen LogP) is 4.77. The van der Waals surface area contributed by atoms with Crippen molar-refractivity contribution >= 4 is 28.0 Å². The number of likely N-dealkylation sites (tertiary alicyclic amines) is 1. The molecule has 1 saturated heterocycles. The molecule has 1 N–H and O–H groups in total. The smallest absolute Gasteiger partial charge is 0.410 e. The Morgan fingerprint density at radius 3 is 2.41 bits per heavy atom. The Hall–Kier alpha value is -1.87. The van der Waals surface area contributed by atoms with Gasteiger partial charge in [-0.2, -0.15) is 0 Å². The average Bonchev–Trinajstić information content (AvgIpc) is 2.72. The molecule has 1 aliphatic rings. The maximum Gasteiger partial charge on any atom is 0.410 e. The molecule has 0 aromatic heterocycles. The summed E-state index contributed by atoms with van der Waals surface area (Å²) in [5, 5.41) is 3.46. The molecular formula is C23H34BrFN2O5. The Morgan fingerprint density at radius 2 is 1.88 bits per heavy atom. The van der Waals surface area contributed by atoms with Crippen molar-refractivity contribution < 1.29 is 28.2 Å². The van der Waals surface area contributed by atoms with Gasteiger partial charge in [0.1, 0.15) is 11.7 Å². The summed E-state index contributed by atoms with van der Waals surface area (Å²) in [5.41, 5.74) is -0.381. The van der Waals surface area contributed by atoms with E-state index in [-0.39, 0.29) is 29.6 Å². The van der Waals surface area contributed by atoms with Crippen molar-refractivity contribution in [2.24, 2.45) is 5.92 Å². The molecule has 1 fully saturated rings. The lowest BCUT2D eigenvalue weighted by Crippen LogP contribution is -2.46. The van der Waals surface area contributed by atoms with Crippen LogP contribution in [0.5, 0.6) is 5.75 Å². The maximum atomic E-state index is 14.4. The first-order valence-corrected chi connectivity index (χ1v) is 11.7. The summed E-state index contributed by atoms with van der Waals surface area (Å²) < 4.78 is 30.6. The second-order valence-electron chi connectivity index (χ2n) is 9.19. The van der Waals surface area contributed by atoms with Crippen LogP contribution in [0.25, 0.3) is 0 Å². The quantitative estimate of drug-likeness (QED) is 0.526. The van der Waals surface area contributed by atoms with Crippen LogP contribution in [0.1, 0.15) is 57.8 Å². The lowest BCUT2D eigenvalue weighted by atomic mass is 9.90. The molecule has 0 saturated carbocycles. The van der Waals surface area contributed by atoms with Crippen molar-refractivity contribution in [1.82, 2.24) is 10.2 Å². The minimum Gasteiger partial charge on any atom is -0.485 e. The number of benzene rings is 1. The first-order valence-electron chi connectivity index (χ1n) is 10.9. The molecule has 32 heavy (non-hydrogen) atoms. The molecule has 1 aromatic rings. The average molecular weight is 517 g/mol. The first kappa shape index (κ1) is 26.4.